The minimum atomic E-state index is 0.274. The summed E-state index contributed by atoms with van der Waals surface area (Å²) in [4.78, 5) is 0. The SMILES string of the molecule is CCCCOc1ccc(CNC(C)CCCO)cc1. The second kappa shape index (κ2) is 9.82. The van der Waals surface area contributed by atoms with Gasteiger partial charge in [-0.25, -0.2) is 0 Å². The van der Waals surface area contributed by atoms with Gasteiger partial charge in [-0.1, -0.05) is 25.5 Å². The molecular weight excluding hydrogens is 238 g/mol. The van der Waals surface area contributed by atoms with Crippen LogP contribution in [0.25, 0.3) is 0 Å². The fourth-order valence-electron chi connectivity index (χ4n) is 1.83. The molecule has 0 aliphatic heterocycles. The van der Waals surface area contributed by atoms with E-state index in [1.165, 1.54) is 5.56 Å². The summed E-state index contributed by atoms with van der Waals surface area (Å²) >= 11 is 0. The Kier molecular flexibility index (Phi) is 8.26. The van der Waals surface area contributed by atoms with Crippen LogP contribution in [0, 0.1) is 0 Å². The minimum absolute atomic E-state index is 0.274. The van der Waals surface area contributed by atoms with Crippen LogP contribution in [0.5, 0.6) is 5.75 Å². The van der Waals surface area contributed by atoms with E-state index in [2.05, 4.69) is 31.3 Å². The van der Waals surface area contributed by atoms with Crippen molar-refractivity contribution in [2.45, 2.75) is 52.1 Å². The highest BCUT2D eigenvalue weighted by Crippen LogP contribution is 2.13. The Balaban J connectivity index is 2.27. The van der Waals surface area contributed by atoms with Crippen molar-refractivity contribution in [3.8, 4) is 5.75 Å². The molecule has 1 aromatic rings. The zero-order valence-corrected chi connectivity index (χ0v) is 12.2. The van der Waals surface area contributed by atoms with Gasteiger partial charge < -0.3 is 15.2 Å². The van der Waals surface area contributed by atoms with Gasteiger partial charge in [-0.15, -0.1) is 0 Å². The number of benzene rings is 1. The first-order valence-electron chi connectivity index (χ1n) is 7.32. The largest absolute Gasteiger partial charge is 0.494 e. The standard InChI is InChI=1S/C16H27NO2/c1-3-4-12-19-16-9-7-15(8-10-16)13-17-14(2)6-5-11-18/h7-10,14,17-18H,3-6,11-13H2,1-2H3. The maximum atomic E-state index is 8.78. The van der Waals surface area contributed by atoms with Crippen molar-refractivity contribution in [3.63, 3.8) is 0 Å². The fraction of sp³-hybridized carbons (Fsp3) is 0.625. The molecule has 0 radical (unpaired) electrons. The molecule has 0 fully saturated rings. The molecule has 1 unspecified atom stereocenters. The molecule has 1 aromatic carbocycles. The van der Waals surface area contributed by atoms with E-state index in [0.717, 1.165) is 44.6 Å². The maximum absolute atomic E-state index is 8.78. The van der Waals surface area contributed by atoms with Gasteiger partial charge in [0.2, 0.25) is 0 Å². The van der Waals surface area contributed by atoms with Gasteiger partial charge in [-0.05, 0) is 43.9 Å². The number of hydrogen-bond donors (Lipinski definition) is 2. The van der Waals surface area contributed by atoms with E-state index in [4.69, 9.17) is 9.84 Å². The van der Waals surface area contributed by atoms with Crippen LogP contribution in [-0.4, -0.2) is 24.4 Å². The molecule has 0 aliphatic carbocycles. The molecule has 0 bridgehead atoms. The predicted octanol–water partition coefficient (Wildman–Crippen LogP) is 3.12. The summed E-state index contributed by atoms with van der Waals surface area (Å²) in [5, 5.41) is 12.2. The molecule has 0 amide bonds. The summed E-state index contributed by atoms with van der Waals surface area (Å²) < 4.78 is 5.63. The molecule has 0 aliphatic rings. The van der Waals surface area contributed by atoms with Crippen molar-refractivity contribution in [3.05, 3.63) is 29.8 Å². The molecule has 0 saturated carbocycles. The van der Waals surface area contributed by atoms with E-state index in [0.29, 0.717) is 6.04 Å². The Bertz CT molecular complexity index is 324. The molecule has 1 atom stereocenters. The lowest BCUT2D eigenvalue weighted by Crippen LogP contribution is -2.25. The van der Waals surface area contributed by atoms with Gasteiger partial charge in [0.25, 0.3) is 0 Å². The van der Waals surface area contributed by atoms with Crippen molar-refractivity contribution in [1.29, 1.82) is 0 Å². The summed E-state index contributed by atoms with van der Waals surface area (Å²) in [5.74, 6) is 0.950. The second-order valence-electron chi connectivity index (χ2n) is 4.99. The minimum Gasteiger partial charge on any atom is -0.494 e. The smallest absolute Gasteiger partial charge is 0.119 e. The molecule has 2 N–H and O–H groups in total. The van der Waals surface area contributed by atoms with Crippen LogP contribution in [0.1, 0.15) is 45.1 Å². The summed E-state index contributed by atoms with van der Waals surface area (Å²) in [7, 11) is 0. The zero-order valence-electron chi connectivity index (χ0n) is 12.2. The first-order chi connectivity index (χ1) is 9.26. The third-order valence-corrected chi connectivity index (χ3v) is 3.14. The highest BCUT2D eigenvalue weighted by Gasteiger charge is 2.01. The molecule has 3 nitrogen and oxygen atoms in total. The Morgan fingerprint density at radius 1 is 1.21 bits per heavy atom. The Labute approximate surface area is 117 Å². The fourth-order valence-corrected chi connectivity index (χ4v) is 1.83. The van der Waals surface area contributed by atoms with E-state index in [1.807, 2.05) is 12.1 Å². The van der Waals surface area contributed by atoms with Crippen molar-refractivity contribution < 1.29 is 9.84 Å². The normalized spacial score (nSPS) is 12.4. The van der Waals surface area contributed by atoms with Crippen LogP contribution in [0.3, 0.4) is 0 Å². The van der Waals surface area contributed by atoms with Gasteiger partial charge in [0.1, 0.15) is 5.75 Å². The van der Waals surface area contributed by atoms with Crippen LogP contribution in [0.15, 0.2) is 24.3 Å². The van der Waals surface area contributed by atoms with E-state index in [1.54, 1.807) is 0 Å². The third kappa shape index (κ3) is 7.19. The molecule has 19 heavy (non-hydrogen) atoms. The summed E-state index contributed by atoms with van der Waals surface area (Å²) in [6.45, 7) is 6.25. The van der Waals surface area contributed by atoms with E-state index < -0.39 is 0 Å². The molecule has 0 heterocycles. The average Bonchev–Trinajstić information content (AvgIpc) is 2.44. The van der Waals surface area contributed by atoms with Crippen molar-refractivity contribution in [1.82, 2.24) is 5.32 Å². The summed E-state index contributed by atoms with van der Waals surface area (Å²) in [6, 6.07) is 8.71. The van der Waals surface area contributed by atoms with Crippen LogP contribution >= 0.6 is 0 Å². The monoisotopic (exact) mass is 265 g/mol. The van der Waals surface area contributed by atoms with E-state index in [9.17, 15) is 0 Å². The van der Waals surface area contributed by atoms with Crippen LogP contribution in [-0.2, 0) is 6.54 Å². The molecule has 3 heteroatoms. The molecule has 108 valence electrons. The zero-order chi connectivity index (χ0) is 13.9. The number of hydrogen-bond acceptors (Lipinski definition) is 3. The first kappa shape index (κ1) is 16.0. The lowest BCUT2D eigenvalue weighted by Gasteiger charge is -2.13. The molecule has 0 aromatic heterocycles. The topological polar surface area (TPSA) is 41.5 Å². The highest BCUT2D eigenvalue weighted by molar-refractivity contribution is 5.27. The van der Waals surface area contributed by atoms with Crippen LogP contribution in [0.4, 0.5) is 0 Å². The van der Waals surface area contributed by atoms with Crippen LogP contribution < -0.4 is 10.1 Å². The van der Waals surface area contributed by atoms with E-state index in [-0.39, 0.29) is 6.61 Å². The Morgan fingerprint density at radius 2 is 1.95 bits per heavy atom. The predicted molar refractivity (Wildman–Crippen MR) is 79.5 cm³/mol. The summed E-state index contributed by atoms with van der Waals surface area (Å²) in [5.41, 5.74) is 1.26. The maximum Gasteiger partial charge on any atom is 0.119 e. The van der Waals surface area contributed by atoms with Crippen molar-refractivity contribution in [2.24, 2.45) is 0 Å². The second-order valence-corrected chi connectivity index (χ2v) is 4.99. The Morgan fingerprint density at radius 3 is 2.58 bits per heavy atom. The number of aliphatic hydroxyl groups excluding tert-OH is 1. The van der Waals surface area contributed by atoms with Crippen molar-refractivity contribution in [2.75, 3.05) is 13.2 Å². The molecular formula is C16H27NO2. The van der Waals surface area contributed by atoms with Gasteiger partial charge in [0.15, 0.2) is 0 Å². The molecule has 0 saturated heterocycles. The quantitative estimate of drug-likeness (QED) is 0.639. The molecule has 1 rings (SSSR count). The van der Waals surface area contributed by atoms with Gasteiger partial charge in [0.05, 0.1) is 6.61 Å². The average molecular weight is 265 g/mol. The number of aliphatic hydroxyl groups is 1. The van der Waals surface area contributed by atoms with Crippen molar-refractivity contribution >= 4 is 0 Å². The Hall–Kier alpha value is -1.06. The van der Waals surface area contributed by atoms with E-state index >= 15 is 0 Å². The van der Waals surface area contributed by atoms with Crippen LogP contribution in [0.2, 0.25) is 0 Å². The third-order valence-electron chi connectivity index (χ3n) is 3.14. The lowest BCUT2D eigenvalue weighted by molar-refractivity contribution is 0.276. The van der Waals surface area contributed by atoms with Gasteiger partial charge in [0, 0.05) is 19.2 Å². The van der Waals surface area contributed by atoms with Gasteiger partial charge >= 0.3 is 0 Å². The number of nitrogens with one attached hydrogen (secondary N) is 1. The summed E-state index contributed by atoms with van der Waals surface area (Å²) in [6.07, 6.45) is 4.13. The highest BCUT2D eigenvalue weighted by atomic mass is 16.5. The van der Waals surface area contributed by atoms with Gasteiger partial charge in [-0.3, -0.25) is 0 Å². The van der Waals surface area contributed by atoms with Gasteiger partial charge in [-0.2, -0.15) is 0 Å². The number of rotatable bonds is 10. The first-order valence-corrected chi connectivity index (χ1v) is 7.32. The lowest BCUT2D eigenvalue weighted by atomic mass is 10.1. The molecule has 0 spiro atoms. The number of ether oxygens (including phenoxy) is 1. The number of unbranched alkanes of at least 4 members (excludes halogenated alkanes) is 1.